The van der Waals surface area contributed by atoms with Crippen molar-refractivity contribution in [1.29, 1.82) is 0 Å². The zero-order chi connectivity index (χ0) is 21.8. The summed E-state index contributed by atoms with van der Waals surface area (Å²) in [6.07, 6.45) is 3.71. The summed E-state index contributed by atoms with van der Waals surface area (Å²) in [5.74, 6) is 0.123. The number of benzene rings is 2. The van der Waals surface area contributed by atoms with Gasteiger partial charge in [0, 0.05) is 31.6 Å². The van der Waals surface area contributed by atoms with E-state index in [1.165, 1.54) is 16.8 Å². The van der Waals surface area contributed by atoms with E-state index >= 15 is 0 Å². The molecule has 2 heterocycles. The molecule has 31 heavy (non-hydrogen) atoms. The van der Waals surface area contributed by atoms with E-state index in [2.05, 4.69) is 10.4 Å². The average Bonchev–Trinajstić information content (AvgIpc) is 2.81. The molecule has 0 radical (unpaired) electrons. The van der Waals surface area contributed by atoms with Crippen molar-refractivity contribution in [2.24, 2.45) is 5.92 Å². The van der Waals surface area contributed by atoms with E-state index in [9.17, 15) is 9.18 Å². The van der Waals surface area contributed by atoms with Crippen LogP contribution in [0.5, 0.6) is 0 Å². The number of anilines is 3. The van der Waals surface area contributed by atoms with Gasteiger partial charge in [0.05, 0.1) is 24.2 Å². The number of nitrogens with one attached hydrogen (secondary N) is 1. The van der Waals surface area contributed by atoms with E-state index in [1.54, 1.807) is 30.5 Å². The van der Waals surface area contributed by atoms with Gasteiger partial charge in [0.25, 0.3) is 5.56 Å². The van der Waals surface area contributed by atoms with Crippen LogP contribution in [0.15, 0.2) is 59.5 Å². The van der Waals surface area contributed by atoms with E-state index in [1.807, 2.05) is 24.1 Å². The van der Waals surface area contributed by atoms with Crippen molar-refractivity contribution in [2.75, 3.05) is 37.0 Å². The van der Waals surface area contributed by atoms with E-state index in [0.717, 1.165) is 30.8 Å². The van der Waals surface area contributed by atoms with E-state index in [4.69, 9.17) is 16.3 Å². The Morgan fingerprint density at radius 3 is 2.52 bits per heavy atom. The predicted molar refractivity (Wildman–Crippen MR) is 121 cm³/mol. The number of halogens is 2. The normalized spacial score (nSPS) is 16.2. The molecule has 1 aliphatic heterocycles. The zero-order valence-corrected chi connectivity index (χ0v) is 18.0. The van der Waals surface area contributed by atoms with Gasteiger partial charge in [-0.25, -0.2) is 4.39 Å². The van der Waals surface area contributed by atoms with Gasteiger partial charge in [-0.05, 0) is 67.3 Å². The van der Waals surface area contributed by atoms with Gasteiger partial charge in [-0.15, -0.1) is 0 Å². The fourth-order valence-electron chi connectivity index (χ4n) is 3.59. The molecule has 162 valence electrons. The van der Waals surface area contributed by atoms with Crippen molar-refractivity contribution >= 4 is 28.7 Å². The van der Waals surface area contributed by atoms with E-state index in [-0.39, 0.29) is 16.4 Å². The lowest BCUT2D eigenvalue weighted by molar-refractivity contribution is 0.0595. The van der Waals surface area contributed by atoms with Crippen LogP contribution in [-0.2, 0) is 4.74 Å². The molecule has 1 N–H and O–H groups in total. The zero-order valence-electron chi connectivity index (χ0n) is 17.2. The summed E-state index contributed by atoms with van der Waals surface area (Å²) in [5.41, 5.74) is 2.50. The molecule has 0 aliphatic carbocycles. The molecule has 3 aromatic rings. The molecule has 0 saturated carbocycles. The lowest BCUT2D eigenvalue weighted by Gasteiger charge is -2.23. The maximum absolute atomic E-state index is 13.2. The van der Waals surface area contributed by atoms with Gasteiger partial charge < -0.3 is 15.0 Å². The first kappa shape index (κ1) is 21.3. The Kier molecular flexibility index (Phi) is 6.53. The number of nitrogens with zero attached hydrogens (tertiary/aromatic N) is 3. The monoisotopic (exact) mass is 442 g/mol. The first-order valence-electron chi connectivity index (χ1n) is 10.2. The Labute approximate surface area is 185 Å². The summed E-state index contributed by atoms with van der Waals surface area (Å²) in [6.45, 7) is 2.22. The summed E-state index contributed by atoms with van der Waals surface area (Å²) < 4.78 is 19.9. The van der Waals surface area contributed by atoms with Crippen LogP contribution in [0.3, 0.4) is 0 Å². The van der Waals surface area contributed by atoms with E-state index in [0.29, 0.717) is 30.4 Å². The molecule has 6 nitrogen and oxygen atoms in total. The van der Waals surface area contributed by atoms with Gasteiger partial charge in [0.2, 0.25) is 0 Å². The van der Waals surface area contributed by atoms with Crippen LogP contribution in [0.4, 0.5) is 21.5 Å². The number of ether oxygens (including phenoxy) is 1. The molecule has 0 amide bonds. The maximum Gasteiger partial charge on any atom is 0.292 e. The fourth-order valence-corrected chi connectivity index (χ4v) is 3.79. The van der Waals surface area contributed by atoms with Crippen molar-refractivity contribution < 1.29 is 9.13 Å². The molecule has 0 spiro atoms. The van der Waals surface area contributed by atoms with Crippen LogP contribution in [-0.4, -0.2) is 36.6 Å². The summed E-state index contributed by atoms with van der Waals surface area (Å²) in [7, 11) is 1.89. The van der Waals surface area contributed by atoms with E-state index < -0.39 is 0 Å². The number of rotatable bonds is 6. The van der Waals surface area contributed by atoms with Crippen LogP contribution < -0.4 is 15.8 Å². The van der Waals surface area contributed by atoms with Crippen LogP contribution in [0.25, 0.3) is 5.69 Å². The molecular weight excluding hydrogens is 419 g/mol. The Hall–Kier alpha value is -2.90. The lowest BCUT2D eigenvalue weighted by Crippen LogP contribution is -2.26. The second-order valence-electron chi connectivity index (χ2n) is 7.61. The summed E-state index contributed by atoms with van der Waals surface area (Å²) in [6, 6.07) is 13.6. The lowest BCUT2D eigenvalue weighted by atomic mass is 10.0. The Morgan fingerprint density at radius 1 is 1.19 bits per heavy atom. The standard InChI is InChI=1S/C23H24ClFN4O2/c1-28(18-6-4-17(25)5-7-18)19-8-10-20(11-9-19)29-23(30)22(24)21(14-27-29)26-13-16-3-2-12-31-15-16/h4-11,14,16,26H,2-3,12-13,15H2,1H3/t16-/m1/s1. The highest BCUT2D eigenvalue weighted by molar-refractivity contribution is 6.32. The SMILES string of the molecule is CN(c1ccc(F)cc1)c1ccc(-n2ncc(NC[C@H]3CCCOC3)c(Cl)c2=O)cc1. The Morgan fingerprint density at radius 2 is 1.87 bits per heavy atom. The highest BCUT2D eigenvalue weighted by Gasteiger charge is 2.16. The van der Waals surface area contributed by atoms with Crippen LogP contribution >= 0.6 is 11.6 Å². The van der Waals surface area contributed by atoms with Crippen molar-refractivity contribution in [2.45, 2.75) is 12.8 Å². The molecule has 1 saturated heterocycles. The summed E-state index contributed by atoms with van der Waals surface area (Å²) >= 11 is 6.33. The number of hydrogen-bond donors (Lipinski definition) is 1. The average molecular weight is 443 g/mol. The summed E-state index contributed by atoms with van der Waals surface area (Å²) in [4.78, 5) is 14.7. The topological polar surface area (TPSA) is 59.4 Å². The van der Waals surface area contributed by atoms with Gasteiger partial charge in [-0.2, -0.15) is 9.78 Å². The largest absolute Gasteiger partial charge is 0.382 e. The first-order chi connectivity index (χ1) is 15.0. The smallest absolute Gasteiger partial charge is 0.292 e. The highest BCUT2D eigenvalue weighted by Crippen LogP contribution is 2.25. The minimum atomic E-state index is -0.383. The Bertz CT molecular complexity index is 1080. The van der Waals surface area contributed by atoms with Gasteiger partial charge >= 0.3 is 0 Å². The Balaban J connectivity index is 1.49. The number of hydrogen-bond acceptors (Lipinski definition) is 5. The third kappa shape index (κ3) is 4.89. The van der Waals surface area contributed by atoms with Crippen molar-refractivity contribution in [3.63, 3.8) is 0 Å². The fraction of sp³-hybridized carbons (Fsp3) is 0.304. The second kappa shape index (κ2) is 9.49. The van der Waals surface area contributed by atoms with Crippen molar-refractivity contribution in [3.8, 4) is 5.69 Å². The molecule has 0 unspecified atom stereocenters. The van der Waals surface area contributed by atoms with Gasteiger partial charge in [0.1, 0.15) is 10.8 Å². The van der Waals surface area contributed by atoms with Crippen molar-refractivity contribution in [1.82, 2.24) is 9.78 Å². The molecule has 2 aromatic carbocycles. The van der Waals surface area contributed by atoms with Crippen LogP contribution in [0.2, 0.25) is 5.02 Å². The minimum absolute atomic E-state index is 0.110. The van der Waals surface area contributed by atoms with Gasteiger partial charge in [0.15, 0.2) is 0 Å². The number of aromatic nitrogens is 2. The molecule has 0 bridgehead atoms. The summed E-state index contributed by atoms with van der Waals surface area (Å²) in [5, 5.41) is 7.62. The highest BCUT2D eigenvalue weighted by atomic mass is 35.5. The maximum atomic E-state index is 13.2. The first-order valence-corrected chi connectivity index (χ1v) is 10.6. The van der Waals surface area contributed by atoms with Gasteiger partial charge in [-0.3, -0.25) is 4.79 Å². The molecule has 8 heteroatoms. The third-order valence-electron chi connectivity index (χ3n) is 5.45. The molecule has 1 aliphatic rings. The second-order valence-corrected chi connectivity index (χ2v) is 7.98. The molecule has 1 aromatic heterocycles. The van der Waals surface area contributed by atoms with Crippen LogP contribution in [0.1, 0.15) is 12.8 Å². The molecule has 4 rings (SSSR count). The molecule has 1 fully saturated rings. The third-order valence-corrected chi connectivity index (χ3v) is 5.82. The minimum Gasteiger partial charge on any atom is -0.382 e. The van der Waals surface area contributed by atoms with Crippen LogP contribution in [0, 0.1) is 11.7 Å². The molecular formula is C23H24ClFN4O2. The van der Waals surface area contributed by atoms with Gasteiger partial charge in [-0.1, -0.05) is 11.6 Å². The molecule has 1 atom stereocenters. The van der Waals surface area contributed by atoms with Crippen molar-refractivity contribution in [3.05, 3.63) is 75.9 Å². The predicted octanol–water partition coefficient (Wildman–Crippen LogP) is 4.63. The quantitative estimate of drug-likeness (QED) is 0.603.